The van der Waals surface area contributed by atoms with Crippen molar-refractivity contribution in [3.8, 4) is 22.3 Å². The first-order valence-corrected chi connectivity index (χ1v) is 21.1. The van der Waals surface area contributed by atoms with Crippen LogP contribution < -0.4 is 10.9 Å². The molecule has 0 radical (unpaired) electrons. The molecule has 0 amide bonds. The Bertz CT molecular complexity index is 2830. The summed E-state index contributed by atoms with van der Waals surface area (Å²) < 4.78 is 44.3. The largest absolute Gasteiger partial charge is 0.606 e. The lowest BCUT2D eigenvalue weighted by molar-refractivity contribution is 0.408. The molecule has 13 heteroatoms. The summed E-state index contributed by atoms with van der Waals surface area (Å²) in [6.45, 7) is 12.7. The van der Waals surface area contributed by atoms with Gasteiger partial charge in [-0.1, -0.05) is 48.5 Å². The first-order chi connectivity index (χ1) is 27.2. The Kier molecular flexibility index (Phi) is 9.63. The molecule has 2 N–H and O–H groups in total. The van der Waals surface area contributed by atoms with E-state index >= 15 is 0 Å². The predicted octanol–water partition coefficient (Wildman–Crippen LogP) is 9.46. The van der Waals surface area contributed by atoms with E-state index in [4.69, 9.17) is 15.0 Å². The van der Waals surface area contributed by atoms with Crippen molar-refractivity contribution in [3.63, 3.8) is 0 Å². The van der Waals surface area contributed by atoms with E-state index in [1.807, 2.05) is 72.9 Å². The van der Waals surface area contributed by atoms with Crippen molar-refractivity contribution >= 4 is 54.7 Å². The van der Waals surface area contributed by atoms with Crippen molar-refractivity contribution in [2.75, 3.05) is 10.9 Å². The number of benzene rings is 4. The molecule has 8 rings (SSSR count). The van der Waals surface area contributed by atoms with Crippen LogP contribution in [-0.2, 0) is 32.1 Å². The molecule has 0 spiro atoms. The van der Waals surface area contributed by atoms with Crippen molar-refractivity contribution in [2.45, 2.75) is 72.2 Å². The molecule has 1 atom stereocenters. The van der Waals surface area contributed by atoms with E-state index in [1.54, 1.807) is 42.5 Å². The Labute approximate surface area is 335 Å². The van der Waals surface area contributed by atoms with Crippen LogP contribution >= 0.6 is 0 Å². The van der Waals surface area contributed by atoms with Crippen LogP contribution in [0.3, 0.4) is 0 Å². The summed E-state index contributed by atoms with van der Waals surface area (Å²) >= 11 is -1.31. The van der Waals surface area contributed by atoms with Crippen molar-refractivity contribution in [2.24, 2.45) is 0 Å². The highest BCUT2D eigenvalue weighted by atomic mass is 32.2. The van der Waals surface area contributed by atoms with Crippen LogP contribution in [0.2, 0.25) is 0 Å². The Morgan fingerprint density at radius 3 is 1.40 bits per heavy atom. The second-order valence-corrected chi connectivity index (χ2v) is 19.1. The van der Waals surface area contributed by atoms with Crippen molar-refractivity contribution in [1.82, 2.24) is 29.1 Å². The summed E-state index contributed by atoms with van der Waals surface area (Å²) in [4.78, 5) is 20.7. The number of fused-ring (bicyclic) bond motifs is 2. The highest BCUT2D eigenvalue weighted by molar-refractivity contribution is 7.91. The lowest BCUT2D eigenvalue weighted by atomic mass is 10.1. The molecular weight excluding hydrogens is 753 g/mol. The number of hydrogen-bond acceptors (Lipinski definition) is 9. The van der Waals surface area contributed by atoms with E-state index in [-0.39, 0.29) is 20.9 Å². The van der Waals surface area contributed by atoms with Gasteiger partial charge in [-0.05, 0) is 113 Å². The zero-order valence-electron chi connectivity index (χ0n) is 32.4. The van der Waals surface area contributed by atoms with Gasteiger partial charge in [0.25, 0.3) is 0 Å². The Balaban J connectivity index is 1.19. The van der Waals surface area contributed by atoms with Gasteiger partial charge in [-0.25, -0.2) is 28.4 Å². The van der Waals surface area contributed by atoms with Gasteiger partial charge >= 0.3 is 0 Å². The highest BCUT2D eigenvalue weighted by Crippen LogP contribution is 2.40. The zero-order chi connectivity index (χ0) is 40.1. The maximum atomic E-state index is 13.4. The summed E-state index contributed by atoms with van der Waals surface area (Å²) in [5, 5.41) is 1.54. The van der Waals surface area contributed by atoms with Gasteiger partial charge in [0.1, 0.15) is 23.9 Å². The van der Waals surface area contributed by atoms with Crippen molar-refractivity contribution in [3.05, 3.63) is 134 Å². The molecular formula is C44H42N8O3S2. The average molecular weight is 795 g/mol. The monoisotopic (exact) mass is 794 g/mol. The maximum absolute atomic E-state index is 13.4. The molecule has 0 saturated heterocycles. The highest BCUT2D eigenvalue weighted by Gasteiger charge is 2.26. The standard InChI is InChI=1S/C44H42N8O3S2/c1-43(2,3)51-25-35(29-17-21-32(22-18-29)56(53)31-13-9-7-10-14-31)37-39(45-27-47-41(37)51)49-50-40-38-36(26-52(44(4,5)6)42(38)48-28-46-40)30-19-23-34(24-20-30)57(54,55)33-15-11-8-12-16-33/h7-28H,1-6H3,(H,45,47,49)(H,46,48,50). The number of hydrazine groups is 1. The van der Waals surface area contributed by atoms with Crippen LogP contribution in [0.5, 0.6) is 0 Å². The Morgan fingerprint density at radius 2 is 0.947 bits per heavy atom. The molecule has 4 heterocycles. The third-order valence-electron chi connectivity index (χ3n) is 9.78. The molecule has 0 aliphatic carbocycles. The first-order valence-electron chi connectivity index (χ1n) is 18.4. The molecule has 11 nitrogen and oxygen atoms in total. The molecule has 288 valence electrons. The third kappa shape index (κ3) is 7.14. The van der Waals surface area contributed by atoms with Gasteiger partial charge in [0.15, 0.2) is 21.4 Å². The quantitative estimate of drug-likeness (QED) is 0.108. The van der Waals surface area contributed by atoms with Crippen LogP contribution in [0.15, 0.2) is 154 Å². The number of sulfone groups is 1. The smallest absolute Gasteiger partial charge is 0.206 e. The second-order valence-electron chi connectivity index (χ2n) is 15.7. The molecule has 4 aromatic carbocycles. The van der Waals surface area contributed by atoms with E-state index < -0.39 is 21.0 Å². The Hall–Kier alpha value is -6.02. The normalized spacial score (nSPS) is 12.9. The van der Waals surface area contributed by atoms with Gasteiger partial charge in [-0.15, -0.1) is 0 Å². The van der Waals surface area contributed by atoms with Crippen LogP contribution in [-0.4, -0.2) is 42.0 Å². The van der Waals surface area contributed by atoms with Crippen LogP contribution in [0.4, 0.5) is 11.6 Å². The SMILES string of the molecule is CC(C)(C)n1cc(-c2ccc([S+]([O-])c3ccccc3)cc2)c2c(NNc3ncnc4c3c(-c3ccc(S(=O)(=O)c5ccccc5)cc3)cn4C(C)(C)C)ncnc21. The van der Waals surface area contributed by atoms with Gasteiger partial charge in [0.2, 0.25) is 9.84 Å². The molecule has 0 aliphatic rings. The fourth-order valence-electron chi connectivity index (χ4n) is 6.88. The summed E-state index contributed by atoms with van der Waals surface area (Å²) in [6, 6.07) is 32.5. The average Bonchev–Trinajstić information content (AvgIpc) is 3.82. The topological polar surface area (TPSA) is 143 Å². The number of nitrogens with zero attached hydrogens (tertiary/aromatic N) is 6. The molecule has 0 bridgehead atoms. The molecule has 0 saturated carbocycles. The first kappa shape index (κ1) is 37.9. The number of anilines is 2. The van der Waals surface area contributed by atoms with E-state index in [1.165, 1.54) is 12.7 Å². The van der Waals surface area contributed by atoms with Gasteiger partial charge < -0.3 is 13.7 Å². The number of aromatic nitrogens is 6. The summed E-state index contributed by atoms with van der Waals surface area (Å²) in [6.07, 6.45) is 7.17. The van der Waals surface area contributed by atoms with Crippen LogP contribution in [0, 0.1) is 0 Å². The third-order valence-corrected chi connectivity index (χ3v) is 13.0. The number of rotatable bonds is 9. The minimum Gasteiger partial charge on any atom is -0.606 e. The summed E-state index contributed by atoms with van der Waals surface area (Å²) in [5.41, 5.74) is 11.0. The van der Waals surface area contributed by atoms with E-state index in [9.17, 15) is 13.0 Å². The predicted molar refractivity (Wildman–Crippen MR) is 226 cm³/mol. The summed E-state index contributed by atoms with van der Waals surface area (Å²) in [5.74, 6) is 1.05. The fourth-order valence-corrected chi connectivity index (χ4v) is 9.22. The van der Waals surface area contributed by atoms with Crippen LogP contribution in [0.1, 0.15) is 41.5 Å². The maximum Gasteiger partial charge on any atom is 0.206 e. The van der Waals surface area contributed by atoms with Crippen LogP contribution in [0.25, 0.3) is 44.3 Å². The zero-order valence-corrected chi connectivity index (χ0v) is 34.1. The molecule has 0 aliphatic heterocycles. The molecule has 0 fully saturated rings. The van der Waals surface area contributed by atoms with E-state index in [2.05, 4.69) is 72.7 Å². The van der Waals surface area contributed by atoms with E-state index in [0.29, 0.717) is 22.2 Å². The van der Waals surface area contributed by atoms with Crippen molar-refractivity contribution in [1.29, 1.82) is 0 Å². The second kappa shape index (κ2) is 14.5. The van der Waals surface area contributed by atoms with Gasteiger partial charge in [0, 0.05) is 45.8 Å². The summed E-state index contributed by atoms with van der Waals surface area (Å²) in [7, 11) is -3.69. The fraction of sp³-hybridized carbons (Fsp3) is 0.182. The number of hydrogen-bond donors (Lipinski definition) is 2. The van der Waals surface area contributed by atoms with Gasteiger partial charge in [-0.2, -0.15) is 0 Å². The van der Waals surface area contributed by atoms with Gasteiger partial charge in [0.05, 0.1) is 20.6 Å². The number of nitrogens with one attached hydrogen (secondary N) is 2. The molecule has 1 unspecified atom stereocenters. The van der Waals surface area contributed by atoms with E-state index in [0.717, 1.165) is 43.6 Å². The molecule has 4 aromatic heterocycles. The molecule has 8 aromatic rings. The minimum absolute atomic E-state index is 0.207. The lowest BCUT2D eigenvalue weighted by Gasteiger charge is -2.22. The van der Waals surface area contributed by atoms with Crippen molar-refractivity contribution < 1.29 is 13.0 Å². The Morgan fingerprint density at radius 1 is 0.544 bits per heavy atom. The lowest BCUT2D eigenvalue weighted by Crippen LogP contribution is -2.21. The van der Waals surface area contributed by atoms with Gasteiger partial charge in [-0.3, -0.25) is 10.9 Å². The molecule has 57 heavy (non-hydrogen) atoms. The minimum atomic E-state index is -3.69.